The van der Waals surface area contributed by atoms with Crippen LogP contribution in [0.4, 0.5) is 0 Å². The zero-order valence-electron chi connectivity index (χ0n) is 14.0. The van der Waals surface area contributed by atoms with Crippen molar-refractivity contribution in [2.45, 2.75) is 45.2 Å². The number of likely N-dealkylation sites (tertiary alicyclic amines) is 1. The Morgan fingerprint density at radius 1 is 1.39 bits per heavy atom. The molecule has 0 bridgehead atoms. The third-order valence-electron chi connectivity index (χ3n) is 4.46. The van der Waals surface area contributed by atoms with Crippen LogP contribution in [0.3, 0.4) is 0 Å². The van der Waals surface area contributed by atoms with Crippen LogP contribution in [-0.4, -0.2) is 28.8 Å². The number of methoxy groups -OCH3 is 1. The van der Waals surface area contributed by atoms with E-state index in [1.165, 1.54) is 0 Å². The van der Waals surface area contributed by atoms with Crippen LogP contribution >= 0.6 is 0 Å². The van der Waals surface area contributed by atoms with Gasteiger partial charge in [0.1, 0.15) is 0 Å². The molecule has 1 atom stereocenters. The second-order valence-corrected chi connectivity index (χ2v) is 6.44. The van der Waals surface area contributed by atoms with E-state index in [4.69, 9.17) is 9.26 Å². The Morgan fingerprint density at radius 2 is 2.22 bits per heavy atom. The molecular weight excluding hydrogens is 292 g/mol. The molecule has 2 aromatic rings. The van der Waals surface area contributed by atoms with E-state index in [0.717, 1.165) is 42.9 Å². The molecule has 1 aromatic carbocycles. The van der Waals surface area contributed by atoms with Crippen LogP contribution in [0, 0.1) is 0 Å². The summed E-state index contributed by atoms with van der Waals surface area (Å²) >= 11 is 0. The van der Waals surface area contributed by atoms with E-state index in [9.17, 15) is 5.11 Å². The lowest BCUT2D eigenvalue weighted by atomic mass is 10.1. The van der Waals surface area contributed by atoms with Crippen molar-refractivity contribution in [3.63, 3.8) is 0 Å². The van der Waals surface area contributed by atoms with Gasteiger partial charge in [-0.3, -0.25) is 4.90 Å². The summed E-state index contributed by atoms with van der Waals surface area (Å²) in [6.07, 6.45) is 2.22. The number of hydrogen-bond donors (Lipinski definition) is 1. The lowest BCUT2D eigenvalue weighted by molar-refractivity contribution is 0.206. The Kier molecular flexibility index (Phi) is 4.57. The summed E-state index contributed by atoms with van der Waals surface area (Å²) in [7, 11) is 1.56. The summed E-state index contributed by atoms with van der Waals surface area (Å²) in [5.41, 5.74) is 2.08. The molecule has 3 rings (SSSR count). The number of phenols is 1. The van der Waals surface area contributed by atoms with Gasteiger partial charge in [0, 0.05) is 12.6 Å². The average molecular weight is 316 g/mol. The van der Waals surface area contributed by atoms with Crippen LogP contribution in [0.5, 0.6) is 11.5 Å². The first-order valence-corrected chi connectivity index (χ1v) is 8.15. The maximum Gasteiger partial charge on any atom is 0.160 e. The molecule has 5 heteroatoms. The van der Waals surface area contributed by atoms with E-state index in [1.54, 1.807) is 19.2 Å². The van der Waals surface area contributed by atoms with E-state index in [1.807, 2.05) is 6.07 Å². The predicted molar refractivity (Wildman–Crippen MR) is 87.6 cm³/mol. The molecule has 0 saturated carbocycles. The Labute approximate surface area is 136 Å². The molecule has 1 N–H and O–H groups in total. The normalized spacial score (nSPS) is 18.7. The maximum absolute atomic E-state index is 9.94. The number of aromatic nitrogens is 1. The second kappa shape index (κ2) is 6.62. The van der Waals surface area contributed by atoms with Gasteiger partial charge in [0.05, 0.1) is 18.8 Å². The molecule has 0 spiro atoms. The summed E-state index contributed by atoms with van der Waals surface area (Å²) < 4.78 is 10.7. The second-order valence-electron chi connectivity index (χ2n) is 6.44. The lowest BCUT2D eigenvalue weighted by Crippen LogP contribution is -2.22. The molecular formula is C18H24N2O3. The smallest absolute Gasteiger partial charge is 0.160 e. The first kappa shape index (κ1) is 15.9. The minimum atomic E-state index is 0.183. The van der Waals surface area contributed by atoms with Crippen molar-refractivity contribution < 1.29 is 14.4 Å². The molecule has 2 heterocycles. The van der Waals surface area contributed by atoms with Gasteiger partial charge in [-0.05, 0) is 43.0 Å². The zero-order valence-corrected chi connectivity index (χ0v) is 14.0. The lowest BCUT2D eigenvalue weighted by Gasteiger charge is -2.22. The van der Waals surface area contributed by atoms with E-state index < -0.39 is 0 Å². The summed E-state index contributed by atoms with van der Waals surface area (Å²) in [4.78, 5) is 2.38. The zero-order chi connectivity index (χ0) is 16.4. The monoisotopic (exact) mass is 316 g/mol. The molecule has 1 saturated heterocycles. The van der Waals surface area contributed by atoms with Crippen LogP contribution in [0.2, 0.25) is 0 Å². The van der Waals surface area contributed by atoms with Gasteiger partial charge < -0.3 is 14.4 Å². The molecule has 0 radical (unpaired) electrons. The first-order valence-electron chi connectivity index (χ1n) is 8.15. The fraction of sp³-hybridized carbons (Fsp3) is 0.500. The van der Waals surface area contributed by atoms with Crippen molar-refractivity contribution in [1.82, 2.24) is 10.1 Å². The molecule has 0 unspecified atom stereocenters. The SMILES string of the molecule is COc1ccc(CN2CCC[C@@H]2c2cc(C(C)C)no2)cc1O. The highest BCUT2D eigenvalue weighted by Gasteiger charge is 2.29. The van der Waals surface area contributed by atoms with Crippen molar-refractivity contribution in [2.75, 3.05) is 13.7 Å². The minimum absolute atomic E-state index is 0.183. The topological polar surface area (TPSA) is 58.7 Å². The molecule has 5 nitrogen and oxygen atoms in total. The molecule has 23 heavy (non-hydrogen) atoms. The number of ether oxygens (including phenoxy) is 1. The molecule has 0 amide bonds. The van der Waals surface area contributed by atoms with Crippen molar-refractivity contribution in [2.24, 2.45) is 0 Å². The van der Waals surface area contributed by atoms with Gasteiger partial charge in [0.15, 0.2) is 17.3 Å². The van der Waals surface area contributed by atoms with Crippen LogP contribution in [-0.2, 0) is 6.54 Å². The number of rotatable bonds is 5. The number of benzene rings is 1. The van der Waals surface area contributed by atoms with E-state index in [2.05, 4.69) is 30.0 Å². The van der Waals surface area contributed by atoms with Gasteiger partial charge in [0.25, 0.3) is 0 Å². The summed E-state index contributed by atoms with van der Waals surface area (Å²) in [6.45, 7) is 6.04. The Hall–Kier alpha value is -2.01. The Balaban J connectivity index is 1.75. The average Bonchev–Trinajstić information content (AvgIpc) is 3.16. The highest BCUT2D eigenvalue weighted by Crippen LogP contribution is 2.35. The summed E-state index contributed by atoms with van der Waals surface area (Å²) in [5.74, 6) is 2.01. The van der Waals surface area contributed by atoms with Crippen molar-refractivity contribution in [3.05, 3.63) is 41.3 Å². The largest absolute Gasteiger partial charge is 0.504 e. The van der Waals surface area contributed by atoms with Gasteiger partial charge in [-0.1, -0.05) is 25.1 Å². The van der Waals surface area contributed by atoms with Gasteiger partial charge in [-0.15, -0.1) is 0 Å². The van der Waals surface area contributed by atoms with Crippen LogP contribution in [0.1, 0.15) is 55.7 Å². The number of hydrogen-bond acceptors (Lipinski definition) is 5. The third kappa shape index (κ3) is 3.34. The quantitative estimate of drug-likeness (QED) is 0.908. The summed E-state index contributed by atoms with van der Waals surface area (Å²) in [5, 5.41) is 14.1. The van der Waals surface area contributed by atoms with E-state index in [0.29, 0.717) is 11.7 Å². The van der Waals surface area contributed by atoms with Crippen LogP contribution in [0.15, 0.2) is 28.8 Å². The van der Waals surface area contributed by atoms with Crippen molar-refractivity contribution in [3.8, 4) is 11.5 Å². The molecule has 1 fully saturated rings. The predicted octanol–water partition coefficient (Wildman–Crippen LogP) is 3.85. The van der Waals surface area contributed by atoms with Gasteiger partial charge in [-0.2, -0.15) is 0 Å². The number of nitrogens with zero attached hydrogens (tertiary/aromatic N) is 2. The Morgan fingerprint density at radius 3 is 2.87 bits per heavy atom. The fourth-order valence-electron chi connectivity index (χ4n) is 3.14. The van der Waals surface area contributed by atoms with Crippen LogP contribution < -0.4 is 4.74 Å². The van der Waals surface area contributed by atoms with E-state index >= 15 is 0 Å². The molecule has 1 aliphatic heterocycles. The van der Waals surface area contributed by atoms with E-state index in [-0.39, 0.29) is 11.8 Å². The highest BCUT2D eigenvalue weighted by molar-refractivity contribution is 5.41. The molecule has 124 valence electrons. The fourth-order valence-corrected chi connectivity index (χ4v) is 3.14. The third-order valence-corrected chi connectivity index (χ3v) is 4.46. The number of phenolic OH excluding ortho intramolecular Hbond substituents is 1. The van der Waals surface area contributed by atoms with Gasteiger partial charge in [-0.25, -0.2) is 0 Å². The van der Waals surface area contributed by atoms with Gasteiger partial charge in [0.2, 0.25) is 0 Å². The summed E-state index contributed by atoms with van der Waals surface area (Å²) in [6, 6.07) is 7.92. The van der Waals surface area contributed by atoms with Gasteiger partial charge >= 0.3 is 0 Å². The maximum atomic E-state index is 9.94. The van der Waals surface area contributed by atoms with Crippen molar-refractivity contribution >= 4 is 0 Å². The molecule has 0 aliphatic carbocycles. The standard InChI is InChI=1S/C18H24N2O3/c1-12(2)14-10-18(23-19-14)15-5-4-8-20(15)11-13-6-7-17(22-3)16(21)9-13/h6-7,9-10,12,15,21H,4-5,8,11H2,1-3H3/t15-/m1/s1. The van der Waals surface area contributed by atoms with Crippen LogP contribution in [0.25, 0.3) is 0 Å². The molecule has 1 aromatic heterocycles. The number of aromatic hydroxyl groups is 1. The minimum Gasteiger partial charge on any atom is -0.504 e. The van der Waals surface area contributed by atoms with Crippen molar-refractivity contribution in [1.29, 1.82) is 0 Å². The first-order chi connectivity index (χ1) is 11.1. The molecule has 1 aliphatic rings. The Bertz CT molecular complexity index is 666. The highest BCUT2D eigenvalue weighted by atomic mass is 16.5.